The van der Waals surface area contributed by atoms with Crippen LogP contribution in [0.15, 0.2) is 18.2 Å². The maximum Gasteiger partial charge on any atom is -0.00870 e. The third kappa shape index (κ3) is 0.748. The first kappa shape index (κ1) is 5.04. The van der Waals surface area contributed by atoms with E-state index in [0.717, 1.165) is 0 Å². The molecule has 0 heteroatoms. The molecule has 2 radical (unpaired) electrons. The molecule has 0 nitrogen and oxygen atoms in total. The van der Waals surface area contributed by atoms with Crippen molar-refractivity contribution in [2.75, 3.05) is 0 Å². The summed E-state index contributed by atoms with van der Waals surface area (Å²) in [5.74, 6) is 0. The van der Waals surface area contributed by atoms with Crippen LogP contribution in [-0.2, 0) is 6.42 Å². The minimum Gasteiger partial charge on any atom is -0.0578 e. The van der Waals surface area contributed by atoms with E-state index in [1.165, 1.54) is 24.0 Å². The quantitative estimate of drug-likeness (QED) is 0.486. The van der Waals surface area contributed by atoms with Crippen molar-refractivity contribution in [3.63, 3.8) is 0 Å². The van der Waals surface area contributed by atoms with Gasteiger partial charge < -0.3 is 0 Å². The first-order chi connectivity index (χ1) is 4.47. The largest absolute Gasteiger partial charge is 0.0578 e. The highest BCUT2D eigenvalue weighted by Gasteiger charge is 2.07. The van der Waals surface area contributed by atoms with Crippen molar-refractivity contribution in [1.82, 2.24) is 0 Å². The number of benzene rings is 1. The summed E-state index contributed by atoms with van der Waals surface area (Å²) >= 11 is 0. The highest BCUT2D eigenvalue weighted by atomic mass is 14.1. The Balaban J connectivity index is 2.54. The lowest BCUT2D eigenvalue weighted by Crippen LogP contribution is -1.76. The lowest BCUT2D eigenvalue weighted by atomic mass is 10.1. The third-order valence-corrected chi connectivity index (χ3v) is 1.77. The molecule has 0 N–H and O–H groups in total. The number of hydrogen-bond donors (Lipinski definition) is 0. The first-order valence-electron chi connectivity index (χ1n) is 3.29. The normalized spacial score (nSPS) is 15.6. The molecule has 0 fully saturated rings. The first-order valence-corrected chi connectivity index (χ1v) is 3.29. The molecule has 0 saturated carbocycles. The van der Waals surface area contributed by atoms with Gasteiger partial charge in [0.1, 0.15) is 0 Å². The third-order valence-electron chi connectivity index (χ3n) is 1.77. The summed E-state index contributed by atoms with van der Waals surface area (Å²) in [5, 5.41) is 0. The van der Waals surface area contributed by atoms with Gasteiger partial charge in [0.15, 0.2) is 0 Å². The maximum absolute atomic E-state index is 3.07. The van der Waals surface area contributed by atoms with Crippen molar-refractivity contribution in [2.45, 2.75) is 12.8 Å². The minimum atomic E-state index is 1.21. The Kier molecular flexibility index (Phi) is 1.05. The summed E-state index contributed by atoms with van der Waals surface area (Å²) in [6.07, 6.45) is 4.71. The van der Waals surface area contributed by atoms with Crippen LogP contribution in [0.25, 0.3) is 0 Å². The van der Waals surface area contributed by atoms with Crippen LogP contribution in [0.4, 0.5) is 0 Å². The summed E-state index contributed by atoms with van der Waals surface area (Å²) in [5.41, 5.74) is 2.87. The zero-order valence-electron chi connectivity index (χ0n) is 5.22. The van der Waals surface area contributed by atoms with Crippen LogP contribution in [0.2, 0.25) is 0 Å². The Hall–Kier alpha value is -0.780. The Labute approximate surface area is 55.5 Å². The van der Waals surface area contributed by atoms with Crippen molar-refractivity contribution >= 4 is 0 Å². The summed E-state index contributed by atoms with van der Waals surface area (Å²) in [6.45, 7) is 0. The van der Waals surface area contributed by atoms with Gasteiger partial charge in [-0.25, -0.2) is 0 Å². The van der Waals surface area contributed by atoms with Gasteiger partial charge in [-0.2, -0.15) is 0 Å². The van der Waals surface area contributed by atoms with Gasteiger partial charge in [-0.1, -0.05) is 18.2 Å². The zero-order valence-corrected chi connectivity index (χ0v) is 5.22. The fourth-order valence-corrected chi connectivity index (χ4v) is 1.28. The molecule has 0 bridgehead atoms. The van der Waals surface area contributed by atoms with Crippen LogP contribution in [0.5, 0.6) is 0 Å². The molecule has 0 heterocycles. The summed E-state index contributed by atoms with van der Waals surface area (Å²) in [6, 6.07) is 9.26. The lowest BCUT2D eigenvalue weighted by molar-refractivity contribution is 1.03. The average molecular weight is 116 g/mol. The lowest BCUT2D eigenvalue weighted by Gasteiger charge is -1.92. The molecule has 9 heavy (non-hydrogen) atoms. The Morgan fingerprint density at radius 3 is 3.33 bits per heavy atom. The SMILES string of the molecule is [c]1ccc2c(c1)CC[CH]2. The number of aryl methyl sites for hydroxylation is 1. The second kappa shape index (κ2) is 1.87. The second-order valence-corrected chi connectivity index (χ2v) is 2.37. The van der Waals surface area contributed by atoms with Crippen molar-refractivity contribution < 1.29 is 0 Å². The minimum absolute atomic E-state index is 1.21. The topological polar surface area (TPSA) is 0 Å². The van der Waals surface area contributed by atoms with Crippen molar-refractivity contribution in [3.05, 3.63) is 41.8 Å². The molecule has 0 aromatic heterocycles. The van der Waals surface area contributed by atoms with Gasteiger partial charge >= 0.3 is 0 Å². The van der Waals surface area contributed by atoms with Gasteiger partial charge in [-0.05, 0) is 36.5 Å². The van der Waals surface area contributed by atoms with Crippen LogP contribution in [-0.4, -0.2) is 0 Å². The van der Waals surface area contributed by atoms with Gasteiger partial charge in [0.2, 0.25) is 0 Å². The van der Waals surface area contributed by atoms with E-state index in [1.54, 1.807) is 0 Å². The Morgan fingerprint density at radius 2 is 2.44 bits per heavy atom. The Bertz CT molecular complexity index is 190. The molecule has 0 spiro atoms. The van der Waals surface area contributed by atoms with Crippen LogP contribution >= 0.6 is 0 Å². The molecule has 0 saturated heterocycles. The Morgan fingerprint density at radius 1 is 1.44 bits per heavy atom. The molecule has 1 aromatic rings. The number of hydrogen-bond acceptors (Lipinski definition) is 0. The van der Waals surface area contributed by atoms with E-state index in [9.17, 15) is 0 Å². The van der Waals surface area contributed by atoms with Crippen molar-refractivity contribution in [1.29, 1.82) is 0 Å². The molecular weight excluding hydrogens is 108 g/mol. The van der Waals surface area contributed by atoms with E-state index >= 15 is 0 Å². The summed E-state index contributed by atoms with van der Waals surface area (Å²) in [4.78, 5) is 0. The monoisotopic (exact) mass is 116 g/mol. The van der Waals surface area contributed by atoms with Gasteiger partial charge in [0.05, 0.1) is 0 Å². The molecule has 0 aliphatic heterocycles. The molecule has 0 unspecified atom stereocenters. The van der Waals surface area contributed by atoms with Crippen LogP contribution in [0.3, 0.4) is 0 Å². The molecule has 0 amide bonds. The molecule has 1 aliphatic rings. The average Bonchev–Trinajstić information content (AvgIpc) is 2.33. The smallest absolute Gasteiger partial charge is 0.00870 e. The molecule has 1 aromatic carbocycles. The van der Waals surface area contributed by atoms with Crippen LogP contribution in [0.1, 0.15) is 17.5 Å². The van der Waals surface area contributed by atoms with Crippen molar-refractivity contribution in [3.8, 4) is 0 Å². The van der Waals surface area contributed by atoms with Gasteiger partial charge in [-0.15, -0.1) is 0 Å². The fraction of sp³-hybridized carbons (Fsp3) is 0.222. The molecule has 1 aliphatic carbocycles. The maximum atomic E-state index is 3.07. The van der Waals surface area contributed by atoms with Gasteiger partial charge in [-0.3, -0.25) is 0 Å². The summed E-state index contributed by atoms with van der Waals surface area (Å²) in [7, 11) is 0. The number of fused-ring (bicyclic) bond motifs is 1. The highest BCUT2D eigenvalue weighted by molar-refractivity contribution is 5.36. The van der Waals surface area contributed by atoms with E-state index in [0.29, 0.717) is 0 Å². The zero-order chi connectivity index (χ0) is 6.10. The van der Waals surface area contributed by atoms with E-state index in [2.05, 4.69) is 24.6 Å². The molecular formula is C9H8. The van der Waals surface area contributed by atoms with E-state index < -0.39 is 0 Å². The van der Waals surface area contributed by atoms with Gasteiger partial charge in [0.25, 0.3) is 0 Å². The van der Waals surface area contributed by atoms with Crippen LogP contribution < -0.4 is 0 Å². The van der Waals surface area contributed by atoms with Gasteiger partial charge in [0, 0.05) is 0 Å². The molecule has 0 atom stereocenters. The highest BCUT2D eigenvalue weighted by Crippen LogP contribution is 2.21. The van der Waals surface area contributed by atoms with Crippen molar-refractivity contribution in [2.24, 2.45) is 0 Å². The molecule has 44 valence electrons. The second-order valence-electron chi connectivity index (χ2n) is 2.37. The van der Waals surface area contributed by atoms with Crippen LogP contribution in [0, 0.1) is 12.5 Å². The predicted octanol–water partition coefficient (Wildman–Crippen LogP) is 1.99. The fourth-order valence-electron chi connectivity index (χ4n) is 1.28. The van der Waals surface area contributed by atoms with E-state index in [1.807, 2.05) is 6.07 Å². The number of rotatable bonds is 0. The van der Waals surface area contributed by atoms with E-state index in [-0.39, 0.29) is 0 Å². The van der Waals surface area contributed by atoms with E-state index in [4.69, 9.17) is 0 Å². The summed E-state index contributed by atoms with van der Waals surface area (Å²) < 4.78 is 0. The predicted molar refractivity (Wildman–Crippen MR) is 37.0 cm³/mol. The molecule has 2 rings (SSSR count). The standard InChI is InChI=1S/C9H8/c1-2-5-9-7-3-6-8(9)4-1/h1,4-6H,3,7H2.